The number of halogens is 8. The van der Waals surface area contributed by atoms with Crippen molar-refractivity contribution in [2.75, 3.05) is 32.9 Å². The fourth-order valence-corrected chi connectivity index (χ4v) is 2.56. The SMILES string of the molecule is Cl.FC[C@H](c1cc(C(F)(F)F)cc(C(F)(F)F)c1)N1CCNCC1. The molecule has 2 nitrogen and oxygen atoms in total. The number of nitrogens with one attached hydrogen (secondary N) is 1. The smallest absolute Gasteiger partial charge is 0.314 e. The fraction of sp³-hybridized carbons (Fsp3) is 0.571. The van der Waals surface area contributed by atoms with Crippen LogP contribution in [0.3, 0.4) is 0 Å². The Morgan fingerprint density at radius 2 is 1.38 bits per heavy atom. The Morgan fingerprint density at radius 1 is 0.917 bits per heavy atom. The lowest BCUT2D eigenvalue weighted by Crippen LogP contribution is -2.45. The molecule has 0 bridgehead atoms. The Morgan fingerprint density at radius 3 is 1.75 bits per heavy atom. The molecule has 1 atom stereocenters. The maximum atomic E-state index is 13.4. The van der Waals surface area contributed by atoms with E-state index in [4.69, 9.17) is 0 Å². The van der Waals surface area contributed by atoms with Gasteiger partial charge in [-0.2, -0.15) is 26.3 Å². The summed E-state index contributed by atoms with van der Waals surface area (Å²) in [7, 11) is 0. The topological polar surface area (TPSA) is 15.3 Å². The summed E-state index contributed by atoms with van der Waals surface area (Å²) in [6.45, 7) is 0.653. The van der Waals surface area contributed by atoms with E-state index >= 15 is 0 Å². The Bertz CT molecular complexity index is 507. The van der Waals surface area contributed by atoms with Gasteiger partial charge in [-0.05, 0) is 23.8 Å². The molecule has 138 valence electrons. The predicted octanol–water partition coefficient (Wildman–Crippen LogP) is 4.06. The van der Waals surface area contributed by atoms with Gasteiger partial charge >= 0.3 is 12.4 Å². The normalized spacial score (nSPS) is 18.1. The first-order valence-corrected chi connectivity index (χ1v) is 6.93. The van der Waals surface area contributed by atoms with Crippen molar-refractivity contribution in [1.29, 1.82) is 0 Å². The Balaban J connectivity index is 0.00000288. The summed E-state index contributed by atoms with van der Waals surface area (Å²) in [5.41, 5.74) is -3.15. The van der Waals surface area contributed by atoms with Crippen molar-refractivity contribution >= 4 is 12.4 Å². The highest BCUT2D eigenvalue weighted by Gasteiger charge is 2.38. The summed E-state index contributed by atoms with van der Waals surface area (Å²) in [4.78, 5) is 1.55. The highest BCUT2D eigenvalue weighted by molar-refractivity contribution is 5.85. The molecule has 24 heavy (non-hydrogen) atoms. The molecule has 0 amide bonds. The van der Waals surface area contributed by atoms with E-state index in [9.17, 15) is 30.7 Å². The molecule has 1 N–H and O–H groups in total. The lowest BCUT2D eigenvalue weighted by Gasteiger charge is -2.34. The third-order valence-corrected chi connectivity index (χ3v) is 3.73. The van der Waals surface area contributed by atoms with Crippen molar-refractivity contribution in [3.05, 3.63) is 34.9 Å². The Hall–Kier alpha value is -1.06. The van der Waals surface area contributed by atoms with E-state index in [0.717, 1.165) is 0 Å². The van der Waals surface area contributed by atoms with Gasteiger partial charge in [-0.25, -0.2) is 4.39 Å². The summed E-state index contributed by atoms with van der Waals surface area (Å²) < 4.78 is 90.5. The van der Waals surface area contributed by atoms with E-state index in [1.54, 1.807) is 4.90 Å². The van der Waals surface area contributed by atoms with Gasteiger partial charge in [0.25, 0.3) is 0 Å². The van der Waals surface area contributed by atoms with Crippen molar-refractivity contribution in [1.82, 2.24) is 10.2 Å². The third-order valence-electron chi connectivity index (χ3n) is 3.73. The zero-order valence-corrected chi connectivity index (χ0v) is 13.2. The molecule has 0 radical (unpaired) electrons. The van der Waals surface area contributed by atoms with Crippen LogP contribution in [-0.2, 0) is 12.4 Å². The van der Waals surface area contributed by atoms with Crippen LogP contribution < -0.4 is 5.32 Å². The molecule has 0 saturated carbocycles. The second kappa shape index (κ2) is 7.88. The van der Waals surface area contributed by atoms with Gasteiger partial charge in [0.05, 0.1) is 17.2 Å². The van der Waals surface area contributed by atoms with Crippen LogP contribution in [0.15, 0.2) is 18.2 Å². The molecule has 1 aromatic carbocycles. The van der Waals surface area contributed by atoms with E-state index in [-0.39, 0.29) is 24.0 Å². The van der Waals surface area contributed by atoms with Crippen molar-refractivity contribution in [2.24, 2.45) is 0 Å². The maximum Gasteiger partial charge on any atom is 0.416 e. The van der Waals surface area contributed by atoms with Crippen molar-refractivity contribution in [3.8, 4) is 0 Å². The lowest BCUT2D eigenvalue weighted by atomic mass is 9.98. The van der Waals surface area contributed by atoms with E-state index in [2.05, 4.69) is 5.32 Å². The minimum absolute atomic E-state index is 0. The summed E-state index contributed by atoms with van der Waals surface area (Å²) in [5.74, 6) is 0. The number of hydrogen-bond donors (Lipinski definition) is 1. The van der Waals surface area contributed by atoms with Gasteiger partial charge in [-0.3, -0.25) is 4.90 Å². The summed E-state index contributed by atoms with van der Waals surface area (Å²) in [6.07, 6.45) is -9.86. The van der Waals surface area contributed by atoms with Crippen molar-refractivity contribution in [2.45, 2.75) is 18.4 Å². The van der Waals surface area contributed by atoms with Crippen LogP contribution >= 0.6 is 12.4 Å². The summed E-state index contributed by atoms with van der Waals surface area (Å²) >= 11 is 0. The first-order valence-electron chi connectivity index (χ1n) is 6.93. The molecular weight excluding hydrogens is 365 g/mol. The quantitative estimate of drug-likeness (QED) is 0.796. The largest absolute Gasteiger partial charge is 0.416 e. The highest BCUT2D eigenvalue weighted by atomic mass is 35.5. The molecule has 2 rings (SSSR count). The number of rotatable bonds is 3. The first kappa shape index (κ1) is 21.0. The van der Waals surface area contributed by atoms with Gasteiger partial charge in [0, 0.05) is 26.2 Å². The molecule has 0 unspecified atom stereocenters. The number of benzene rings is 1. The molecule has 1 heterocycles. The Kier molecular flexibility index (Phi) is 6.89. The highest BCUT2D eigenvalue weighted by Crippen LogP contribution is 2.38. The second-order valence-corrected chi connectivity index (χ2v) is 5.30. The van der Waals surface area contributed by atoms with Gasteiger partial charge < -0.3 is 5.32 Å². The standard InChI is InChI=1S/C14H15F7N2.ClH/c15-8-12(23-3-1-22-2-4-23)9-5-10(13(16,17)18)7-11(6-9)14(19,20)21;/h5-7,12,22H,1-4,8H2;1H/t12-;/m1./s1. The van der Waals surface area contributed by atoms with E-state index in [1.165, 1.54) is 0 Å². The number of alkyl halides is 7. The van der Waals surface area contributed by atoms with Gasteiger partial charge in [0.1, 0.15) is 6.67 Å². The van der Waals surface area contributed by atoms with Gasteiger partial charge in [-0.1, -0.05) is 0 Å². The van der Waals surface area contributed by atoms with Gasteiger partial charge in [0.15, 0.2) is 0 Å². The molecule has 1 fully saturated rings. The monoisotopic (exact) mass is 380 g/mol. The minimum atomic E-state index is -4.93. The van der Waals surface area contributed by atoms with E-state index < -0.39 is 36.2 Å². The zero-order valence-electron chi connectivity index (χ0n) is 12.3. The van der Waals surface area contributed by atoms with Crippen LogP contribution in [0.5, 0.6) is 0 Å². The average molecular weight is 381 g/mol. The summed E-state index contributed by atoms with van der Waals surface area (Å²) in [5, 5.41) is 2.99. The lowest BCUT2D eigenvalue weighted by molar-refractivity contribution is -0.143. The molecule has 0 aliphatic carbocycles. The van der Waals surface area contributed by atoms with Gasteiger partial charge in [-0.15, -0.1) is 12.4 Å². The minimum Gasteiger partial charge on any atom is -0.314 e. The maximum absolute atomic E-state index is 13.4. The van der Waals surface area contributed by atoms with Crippen LogP contribution in [0.4, 0.5) is 30.7 Å². The molecule has 0 aromatic heterocycles. The van der Waals surface area contributed by atoms with E-state index in [1.807, 2.05) is 0 Å². The van der Waals surface area contributed by atoms with E-state index in [0.29, 0.717) is 38.3 Å². The average Bonchev–Trinajstić information content (AvgIpc) is 2.47. The van der Waals surface area contributed by atoms with Crippen LogP contribution in [0.2, 0.25) is 0 Å². The van der Waals surface area contributed by atoms with Crippen molar-refractivity contribution in [3.63, 3.8) is 0 Å². The molecule has 1 saturated heterocycles. The Labute approximate surface area is 140 Å². The first-order chi connectivity index (χ1) is 10.6. The van der Waals surface area contributed by atoms with Crippen LogP contribution in [0.1, 0.15) is 22.7 Å². The van der Waals surface area contributed by atoms with Crippen LogP contribution in [-0.4, -0.2) is 37.8 Å². The number of hydrogen-bond acceptors (Lipinski definition) is 2. The molecule has 1 aromatic rings. The molecule has 1 aliphatic rings. The van der Waals surface area contributed by atoms with Gasteiger partial charge in [0.2, 0.25) is 0 Å². The summed E-state index contributed by atoms with van der Waals surface area (Å²) in [6, 6.07) is 0.125. The van der Waals surface area contributed by atoms with Crippen LogP contribution in [0, 0.1) is 0 Å². The fourth-order valence-electron chi connectivity index (χ4n) is 2.56. The predicted molar refractivity (Wildman–Crippen MR) is 76.9 cm³/mol. The molecule has 0 spiro atoms. The van der Waals surface area contributed by atoms with Crippen molar-refractivity contribution < 1.29 is 30.7 Å². The zero-order chi connectivity index (χ0) is 17.3. The second-order valence-electron chi connectivity index (χ2n) is 5.30. The molecule has 1 aliphatic heterocycles. The number of piperazine rings is 1. The molecule has 10 heteroatoms. The number of nitrogens with zero attached hydrogens (tertiary/aromatic N) is 1. The third kappa shape index (κ3) is 4.97. The van der Waals surface area contributed by atoms with Crippen LogP contribution in [0.25, 0.3) is 0 Å². The molecular formula is C14H16ClF7N2.